The Morgan fingerprint density at radius 3 is 3.06 bits per heavy atom. The Morgan fingerprint density at radius 2 is 2.33 bits per heavy atom. The first kappa shape index (κ1) is 11.8. The molecule has 0 saturated heterocycles. The summed E-state index contributed by atoms with van der Waals surface area (Å²) in [6, 6.07) is 5.40. The molecule has 0 aliphatic carbocycles. The third-order valence-electron chi connectivity index (χ3n) is 2.37. The SMILES string of the molecule is O=C(OCc1ccco1)c1sc2sccc2c1Cl. The number of carbonyl (C=O) groups is 1. The van der Waals surface area contributed by atoms with Crippen LogP contribution in [0.5, 0.6) is 0 Å². The van der Waals surface area contributed by atoms with Gasteiger partial charge in [0.2, 0.25) is 0 Å². The van der Waals surface area contributed by atoms with Crippen LogP contribution in [0.2, 0.25) is 5.02 Å². The molecule has 0 aromatic carbocycles. The normalized spacial score (nSPS) is 10.9. The van der Waals surface area contributed by atoms with Gasteiger partial charge in [0.25, 0.3) is 0 Å². The Hall–Kier alpha value is -1.30. The van der Waals surface area contributed by atoms with Crippen LogP contribution in [0.4, 0.5) is 0 Å². The predicted octanol–water partition coefficient (Wildman–Crippen LogP) is 4.57. The van der Waals surface area contributed by atoms with Crippen molar-refractivity contribution in [1.29, 1.82) is 0 Å². The highest BCUT2D eigenvalue weighted by atomic mass is 35.5. The predicted molar refractivity (Wildman–Crippen MR) is 72.5 cm³/mol. The van der Waals surface area contributed by atoms with Crippen LogP contribution in [0.3, 0.4) is 0 Å². The van der Waals surface area contributed by atoms with Gasteiger partial charge in [-0.15, -0.1) is 22.7 Å². The summed E-state index contributed by atoms with van der Waals surface area (Å²) in [6.07, 6.45) is 1.54. The number of furan rings is 1. The van der Waals surface area contributed by atoms with Gasteiger partial charge in [0.05, 0.1) is 15.3 Å². The van der Waals surface area contributed by atoms with Crippen LogP contribution in [0.15, 0.2) is 34.3 Å². The van der Waals surface area contributed by atoms with Crippen LogP contribution in [0, 0.1) is 0 Å². The topological polar surface area (TPSA) is 39.4 Å². The molecule has 0 fully saturated rings. The Labute approximate surface area is 116 Å². The highest BCUT2D eigenvalue weighted by molar-refractivity contribution is 7.38. The van der Waals surface area contributed by atoms with E-state index in [-0.39, 0.29) is 6.61 Å². The van der Waals surface area contributed by atoms with Crippen LogP contribution in [0.25, 0.3) is 9.40 Å². The highest BCUT2D eigenvalue weighted by Gasteiger charge is 2.19. The third kappa shape index (κ3) is 2.05. The maximum Gasteiger partial charge on any atom is 0.350 e. The first-order valence-corrected chi connectivity index (χ1v) is 7.18. The van der Waals surface area contributed by atoms with Gasteiger partial charge in [-0.3, -0.25) is 0 Å². The van der Waals surface area contributed by atoms with Crippen molar-refractivity contribution >= 4 is 49.6 Å². The second kappa shape index (κ2) is 4.76. The Bertz CT molecular complexity index is 681. The first-order chi connectivity index (χ1) is 8.75. The van der Waals surface area contributed by atoms with Crippen LogP contribution in [-0.2, 0) is 11.3 Å². The number of thiophene rings is 2. The lowest BCUT2D eigenvalue weighted by molar-refractivity contribution is 0.0451. The summed E-state index contributed by atoms with van der Waals surface area (Å²) < 4.78 is 11.3. The van der Waals surface area contributed by atoms with Crippen LogP contribution in [0.1, 0.15) is 15.4 Å². The zero-order valence-electron chi connectivity index (χ0n) is 9.01. The van der Waals surface area contributed by atoms with E-state index >= 15 is 0 Å². The fraction of sp³-hybridized carbons (Fsp3) is 0.0833. The number of hydrogen-bond donors (Lipinski definition) is 0. The smallest absolute Gasteiger partial charge is 0.350 e. The first-order valence-electron chi connectivity index (χ1n) is 5.10. The molecule has 0 unspecified atom stereocenters. The number of halogens is 1. The number of hydrogen-bond acceptors (Lipinski definition) is 5. The van der Waals surface area contributed by atoms with E-state index < -0.39 is 5.97 Å². The lowest BCUT2D eigenvalue weighted by atomic mass is 10.3. The molecular weight excluding hydrogens is 292 g/mol. The Balaban J connectivity index is 1.79. The van der Waals surface area contributed by atoms with Crippen molar-refractivity contribution in [3.05, 3.63) is 45.5 Å². The van der Waals surface area contributed by atoms with Gasteiger partial charge in [0, 0.05) is 5.39 Å². The number of ether oxygens (including phenoxy) is 1. The van der Waals surface area contributed by atoms with Crippen LogP contribution >= 0.6 is 34.3 Å². The molecule has 0 aliphatic rings. The molecule has 0 radical (unpaired) electrons. The average molecular weight is 299 g/mol. The van der Waals surface area contributed by atoms with Gasteiger partial charge >= 0.3 is 5.97 Å². The Morgan fingerprint density at radius 1 is 1.44 bits per heavy atom. The van der Waals surface area contributed by atoms with E-state index in [1.165, 1.54) is 17.6 Å². The molecule has 3 aromatic heterocycles. The van der Waals surface area contributed by atoms with Crippen molar-refractivity contribution in [3.8, 4) is 0 Å². The summed E-state index contributed by atoms with van der Waals surface area (Å²) in [6.45, 7) is 0.119. The summed E-state index contributed by atoms with van der Waals surface area (Å²) >= 11 is 9.07. The molecule has 0 amide bonds. The summed E-state index contributed by atoms with van der Waals surface area (Å²) in [5.74, 6) is 0.197. The molecule has 0 spiro atoms. The lowest BCUT2D eigenvalue weighted by Gasteiger charge is -2.00. The highest BCUT2D eigenvalue weighted by Crippen LogP contribution is 2.38. The zero-order chi connectivity index (χ0) is 12.5. The number of esters is 1. The van der Waals surface area contributed by atoms with Crippen molar-refractivity contribution in [2.24, 2.45) is 0 Å². The lowest BCUT2D eigenvalue weighted by Crippen LogP contribution is -2.03. The maximum atomic E-state index is 11.9. The molecule has 3 aromatic rings. The van der Waals surface area contributed by atoms with Gasteiger partial charge in [0.15, 0.2) is 0 Å². The monoisotopic (exact) mass is 298 g/mol. The van der Waals surface area contributed by atoms with E-state index in [1.807, 2.05) is 11.4 Å². The summed E-state index contributed by atoms with van der Waals surface area (Å²) in [5, 5.41) is 3.34. The number of fused-ring (bicyclic) bond motifs is 1. The number of carbonyl (C=O) groups excluding carboxylic acids is 1. The van der Waals surface area contributed by atoms with E-state index in [1.54, 1.807) is 23.5 Å². The van der Waals surface area contributed by atoms with Crippen molar-refractivity contribution in [3.63, 3.8) is 0 Å². The summed E-state index contributed by atoms with van der Waals surface area (Å²) in [5.41, 5.74) is 0. The van der Waals surface area contributed by atoms with Crippen molar-refractivity contribution in [2.75, 3.05) is 0 Å². The molecule has 0 saturated carbocycles. The minimum Gasteiger partial charge on any atom is -0.466 e. The van der Waals surface area contributed by atoms with E-state index in [0.717, 1.165) is 9.40 Å². The quantitative estimate of drug-likeness (QED) is 0.665. The number of rotatable bonds is 3. The molecule has 0 bridgehead atoms. The van der Waals surface area contributed by atoms with Crippen LogP contribution in [-0.4, -0.2) is 5.97 Å². The second-order valence-corrected chi connectivity index (χ2v) is 6.10. The van der Waals surface area contributed by atoms with E-state index in [2.05, 4.69) is 0 Å². The van der Waals surface area contributed by atoms with E-state index in [4.69, 9.17) is 20.8 Å². The molecule has 3 nitrogen and oxygen atoms in total. The van der Waals surface area contributed by atoms with Gasteiger partial charge in [0.1, 0.15) is 17.2 Å². The van der Waals surface area contributed by atoms with Gasteiger partial charge in [-0.2, -0.15) is 0 Å². The largest absolute Gasteiger partial charge is 0.466 e. The van der Waals surface area contributed by atoms with Gasteiger partial charge in [-0.05, 0) is 23.6 Å². The average Bonchev–Trinajstić information content (AvgIpc) is 3.05. The summed E-state index contributed by atoms with van der Waals surface area (Å²) in [4.78, 5) is 12.3. The standard InChI is InChI=1S/C12H7ClO3S2/c13-9-8-3-5-17-12(8)18-10(9)11(14)16-6-7-2-1-4-15-7/h1-5H,6H2. The van der Waals surface area contributed by atoms with Gasteiger partial charge in [-0.1, -0.05) is 11.6 Å². The molecule has 0 atom stereocenters. The molecule has 0 aliphatic heterocycles. The minimum atomic E-state index is -0.412. The molecule has 92 valence electrons. The minimum absolute atomic E-state index is 0.119. The fourth-order valence-corrected chi connectivity index (χ4v) is 4.03. The van der Waals surface area contributed by atoms with Crippen molar-refractivity contribution in [1.82, 2.24) is 0 Å². The molecule has 3 heterocycles. The maximum absolute atomic E-state index is 11.9. The molecule has 6 heteroatoms. The molecular formula is C12H7ClO3S2. The van der Waals surface area contributed by atoms with Gasteiger partial charge < -0.3 is 9.15 Å². The zero-order valence-corrected chi connectivity index (χ0v) is 11.4. The van der Waals surface area contributed by atoms with E-state index in [0.29, 0.717) is 15.7 Å². The van der Waals surface area contributed by atoms with Gasteiger partial charge in [-0.25, -0.2) is 4.79 Å². The fourth-order valence-electron chi connectivity index (χ4n) is 1.53. The Kier molecular flexibility index (Phi) is 3.11. The second-order valence-electron chi connectivity index (χ2n) is 3.52. The summed E-state index contributed by atoms with van der Waals surface area (Å²) in [7, 11) is 0. The van der Waals surface area contributed by atoms with Crippen molar-refractivity contribution < 1.29 is 13.9 Å². The van der Waals surface area contributed by atoms with Crippen LogP contribution < -0.4 is 0 Å². The molecule has 3 rings (SSSR count). The molecule has 0 N–H and O–H groups in total. The van der Waals surface area contributed by atoms with E-state index in [9.17, 15) is 4.79 Å². The van der Waals surface area contributed by atoms with Crippen molar-refractivity contribution in [2.45, 2.75) is 6.61 Å². The molecule has 18 heavy (non-hydrogen) atoms. The third-order valence-corrected chi connectivity index (χ3v) is 5.10.